The van der Waals surface area contributed by atoms with Crippen LogP contribution in [0, 0.1) is 6.92 Å². The van der Waals surface area contributed by atoms with E-state index in [2.05, 4.69) is 12.2 Å². The molecule has 1 aliphatic heterocycles. The predicted octanol–water partition coefficient (Wildman–Crippen LogP) is 4.33. The number of aromatic nitrogens is 1. The van der Waals surface area contributed by atoms with Crippen molar-refractivity contribution in [2.24, 2.45) is 0 Å². The number of benzene rings is 2. The lowest BCUT2D eigenvalue weighted by Gasteiger charge is -2.13. The fourth-order valence-corrected chi connectivity index (χ4v) is 3.68. The Labute approximate surface area is 150 Å². The quantitative estimate of drug-likeness (QED) is 0.746. The Balaban J connectivity index is 1.83. The highest BCUT2D eigenvalue weighted by Gasteiger charge is 2.24. The summed E-state index contributed by atoms with van der Waals surface area (Å²) in [6.45, 7) is 3.92. The molecule has 1 amide bonds. The molecule has 0 radical (unpaired) electrons. The van der Waals surface area contributed by atoms with Gasteiger partial charge in [0.05, 0.1) is 5.52 Å². The molecule has 0 bridgehead atoms. The van der Waals surface area contributed by atoms with Crippen molar-refractivity contribution in [1.29, 1.82) is 0 Å². The Kier molecular flexibility index (Phi) is 3.65. The Bertz CT molecular complexity index is 1080. The summed E-state index contributed by atoms with van der Waals surface area (Å²) in [6.07, 6.45) is 2.55. The van der Waals surface area contributed by atoms with Crippen LogP contribution in [0.3, 0.4) is 0 Å². The van der Waals surface area contributed by atoms with Gasteiger partial charge in [-0.15, -0.1) is 0 Å². The third-order valence-corrected chi connectivity index (χ3v) is 5.30. The van der Waals surface area contributed by atoms with Crippen molar-refractivity contribution in [1.82, 2.24) is 4.57 Å². The van der Waals surface area contributed by atoms with Gasteiger partial charge in [-0.1, -0.05) is 29.8 Å². The minimum absolute atomic E-state index is 0.151. The van der Waals surface area contributed by atoms with Gasteiger partial charge < -0.3 is 9.88 Å². The summed E-state index contributed by atoms with van der Waals surface area (Å²) in [5.41, 5.74) is 3.39. The van der Waals surface area contributed by atoms with E-state index in [0.717, 1.165) is 23.1 Å². The highest BCUT2D eigenvalue weighted by Crippen LogP contribution is 2.31. The second-order valence-electron chi connectivity index (χ2n) is 6.51. The summed E-state index contributed by atoms with van der Waals surface area (Å²) in [5.74, 6) is -0.412. The summed E-state index contributed by atoms with van der Waals surface area (Å²) in [6, 6.07) is 11.2. The number of nitrogens with zero attached hydrogens (tertiary/aromatic N) is 1. The molecular weight excluding hydrogens is 336 g/mol. The predicted molar refractivity (Wildman–Crippen MR) is 101 cm³/mol. The highest BCUT2D eigenvalue weighted by molar-refractivity contribution is 6.31. The van der Waals surface area contributed by atoms with Crippen molar-refractivity contribution in [3.8, 4) is 0 Å². The number of rotatable bonds is 2. The van der Waals surface area contributed by atoms with Crippen LogP contribution in [0.5, 0.6) is 0 Å². The molecular formula is C20H17ClN2O2. The molecule has 0 spiro atoms. The maximum atomic E-state index is 12.9. The Morgan fingerprint density at radius 3 is 2.80 bits per heavy atom. The van der Waals surface area contributed by atoms with Gasteiger partial charge in [-0.05, 0) is 49.6 Å². The molecule has 0 saturated carbocycles. The van der Waals surface area contributed by atoms with Gasteiger partial charge in [-0.25, -0.2) is 0 Å². The van der Waals surface area contributed by atoms with Gasteiger partial charge in [-0.2, -0.15) is 0 Å². The highest BCUT2D eigenvalue weighted by atomic mass is 35.5. The van der Waals surface area contributed by atoms with Gasteiger partial charge in [0.2, 0.25) is 5.43 Å². The third kappa shape index (κ3) is 2.45. The SMILES string of the molecule is Cc1c(Cl)cccc1NC(=O)c1cn2c3c(cccc3c1=O)C[C@H]2C. The van der Waals surface area contributed by atoms with Crippen molar-refractivity contribution in [3.63, 3.8) is 0 Å². The molecule has 5 heteroatoms. The Hall–Kier alpha value is -2.59. The zero-order valence-corrected chi connectivity index (χ0v) is 14.7. The van der Waals surface area contributed by atoms with Crippen molar-refractivity contribution in [2.45, 2.75) is 26.3 Å². The van der Waals surface area contributed by atoms with E-state index in [-0.39, 0.29) is 17.0 Å². The number of para-hydroxylation sites is 1. The Morgan fingerprint density at radius 1 is 1.24 bits per heavy atom. The van der Waals surface area contributed by atoms with E-state index in [4.69, 9.17) is 11.6 Å². The third-order valence-electron chi connectivity index (χ3n) is 4.89. The van der Waals surface area contributed by atoms with Crippen LogP contribution in [0.25, 0.3) is 10.9 Å². The summed E-state index contributed by atoms with van der Waals surface area (Å²) in [4.78, 5) is 25.6. The van der Waals surface area contributed by atoms with Crippen molar-refractivity contribution >= 4 is 34.1 Å². The molecule has 0 fully saturated rings. The summed E-state index contributed by atoms with van der Waals surface area (Å²) in [5, 5.41) is 3.99. The normalized spacial score (nSPS) is 15.6. The molecule has 0 unspecified atom stereocenters. The average Bonchev–Trinajstić information content (AvgIpc) is 2.91. The van der Waals surface area contributed by atoms with E-state index >= 15 is 0 Å². The van der Waals surface area contributed by atoms with Gasteiger partial charge in [0.15, 0.2) is 0 Å². The van der Waals surface area contributed by atoms with Crippen molar-refractivity contribution < 1.29 is 4.79 Å². The first-order chi connectivity index (χ1) is 12.0. The molecule has 1 atom stereocenters. The first-order valence-electron chi connectivity index (χ1n) is 8.20. The second-order valence-corrected chi connectivity index (χ2v) is 6.92. The minimum Gasteiger partial charge on any atom is -0.343 e. The lowest BCUT2D eigenvalue weighted by Crippen LogP contribution is -2.24. The number of hydrogen-bond donors (Lipinski definition) is 1. The van der Waals surface area contributed by atoms with Crippen LogP contribution >= 0.6 is 11.6 Å². The first kappa shape index (κ1) is 15.9. The van der Waals surface area contributed by atoms with Gasteiger partial charge in [0.1, 0.15) is 5.56 Å². The van der Waals surface area contributed by atoms with Gasteiger partial charge in [0.25, 0.3) is 5.91 Å². The van der Waals surface area contributed by atoms with Crippen molar-refractivity contribution in [2.75, 3.05) is 5.32 Å². The minimum atomic E-state index is -0.412. The standard InChI is InChI=1S/C20H17ClN2O2/c1-11-9-13-5-3-6-14-18(13)23(11)10-15(19(14)24)20(25)22-17-8-4-7-16(21)12(17)2/h3-8,10-11H,9H2,1-2H3,(H,22,25)/t11-/m1/s1. The summed E-state index contributed by atoms with van der Waals surface area (Å²) >= 11 is 6.11. The number of halogens is 1. The van der Waals surface area contributed by atoms with E-state index in [1.807, 2.05) is 23.6 Å². The van der Waals surface area contributed by atoms with Crippen LogP contribution < -0.4 is 10.7 Å². The average molecular weight is 353 g/mol. The maximum Gasteiger partial charge on any atom is 0.261 e. The van der Waals surface area contributed by atoms with Crippen LogP contribution in [0.4, 0.5) is 5.69 Å². The lowest BCUT2D eigenvalue weighted by molar-refractivity contribution is 0.102. The fraction of sp³-hybridized carbons (Fsp3) is 0.200. The van der Waals surface area contributed by atoms with Crippen LogP contribution in [0.15, 0.2) is 47.4 Å². The molecule has 25 heavy (non-hydrogen) atoms. The topological polar surface area (TPSA) is 51.1 Å². The smallest absolute Gasteiger partial charge is 0.261 e. The zero-order chi connectivity index (χ0) is 17.7. The number of carbonyl (C=O) groups excluding carboxylic acids is 1. The molecule has 1 aliphatic rings. The van der Waals surface area contributed by atoms with Crippen LogP contribution in [-0.2, 0) is 6.42 Å². The second kappa shape index (κ2) is 5.74. The fourth-order valence-electron chi connectivity index (χ4n) is 3.51. The number of amides is 1. The summed E-state index contributed by atoms with van der Waals surface area (Å²) in [7, 11) is 0. The lowest BCUT2D eigenvalue weighted by atomic mass is 10.1. The largest absolute Gasteiger partial charge is 0.343 e. The maximum absolute atomic E-state index is 12.9. The number of anilines is 1. The molecule has 2 heterocycles. The van der Waals surface area contributed by atoms with E-state index in [0.29, 0.717) is 16.1 Å². The molecule has 3 aromatic rings. The van der Waals surface area contributed by atoms with Gasteiger partial charge in [-0.3, -0.25) is 9.59 Å². The molecule has 1 N–H and O–H groups in total. The summed E-state index contributed by atoms with van der Waals surface area (Å²) < 4.78 is 2.03. The number of pyridine rings is 1. The molecule has 0 saturated heterocycles. The van der Waals surface area contributed by atoms with Crippen LogP contribution in [0.1, 0.15) is 34.5 Å². The van der Waals surface area contributed by atoms with E-state index in [1.165, 1.54) is 0 Å². The molecule has 1 aromatic heterocycles. The zero-order valence-electron chi connectivity index (χ0n) is 14.0. The monoisotopic (exact) mass is 352 g/mol. The molecule has 4 rings (SSSR count). The van der Waals surface area contributed by atoms with Crippen molar-refractivity contribution in [3.05, 3.63) is 74.5 Å². The number of hydrogen-bond acceptors (Lipinski definition) is 2. The first-order valence-corrected chi connectivity index (χ1v) is 8.58. The van der Waals surface area contributed by atoms with E-state index in [1.54, 1.807) is 30.5 Å². The van der Waals surface area contributed by atoms with Crippen LogP contribution in [0.2, 0.25) is 5.02 Å². The molecule has 2 aromatic carbocycles. The van der Waals surface area contributed by atoms with E-state index in [9.17, 15) is 9.59 Å². The van der Waals surface area contributed by atoms with Crippen LogP contribution in [-0.4, -0.2) is 10.5 Å². The van der Waals surface area contributed by atoms with Gasteiger partial charge >= 0.3 is 0 Å². The van der Waals surface area contributed by atoms with E-state index < -0.39 is 5.91 Å². The Morgan fingerprint density at radius 2 is 2.00 bits per heavy atom. The number of carbonyl (C=O) groups is 1. The molecule has 0 aliphatic carbocycles. The van der Waals surface area contributed by atoms with Gasteiger partial charge in [0, 0.05) is 28.3 Å². The molecule has 4 nitrogen and oxygen atoms in total. The number of nitrogens with one attached hydrogen (secondary N) is 1. The molecule has 126 valence electrons.